The standard InChI is InChI=1S/C14H28N2O/c1-13(2)11(9-16(6)10-7-8-10)12(15-5)14(3,4)17-13/h10-12,15H,7-9H2,1-6H3. The van der Waals surface area contributed by atoms with Gasteiger partial charge in [0.25, 0.3) is 0 Å². The van der Waals surface area contributed by atoms with Gasteiger partial charge in [-0.1, -0.05) is 0 Å². The molecule has 2 atom stereocenters. The van der Waals surface area contributed by atoms with Crippen LogP contribution in [0.25, 0.3) is 0 Å². The van der Waals surface area contributed by atoms with E-state index in [0.717, 1.165) is 12.6 Å². The molecular weight excluding hydrogens is 212 g/mol. The Morgan fingerprint density at radius 2 is 1.76 bits per heavy atom. The summed E-state index contributed by atoms with van der Waals surface area (Å²) in [5, 5.41) is 3.47. The van der Waals surface area contributed by atoms with Crippen LogP contribution < -0.4 is 5.32 Å². The SMILES string of the molecule is CNC1C(CN(C)C2CC2)C(C)(C)OC1(C)C. The van der Waals surface area contributed by atoms with Gasteiger partial charge in [0.05, 0.1) is 11.2 Å². The zero-order chi connectivity index (χ0) is 12.8. The summed E-state index contributed by atoms with van der Waals surface area (Å²) in [5.41, 5.74) is -0.117. The van der Waals surface area contributed by atoms with Gasteiger partial charge < -0.3 is 15.0 Å². The molecule has 1 N–H and O–H groups in total. The Morgan fingerprint density at radius 1 is 1.18 bits per heavy atom. The van der Waals surface area contributed by atoms with Crippen molar-refractivity contribution in [3.05, 3.63) is 0 Å². The molecule has 0 radical (unpaired) electrons. The molecule has 2 unspecified atom stereocenters. The summed E-state index contributed by atoms with van der Waals surface area (Å²) in [6.45, 7) is 10.0. The van der Waals surface area contributed by atoms with Crippen molar-refractivity contribution >= 4 is 0 Å². The van der Waals surface area contributed by atoms with E-state index in [1.165, 1.54) is 12.8 Å². The molecule has 0 aromatic carbocycles. The first-order valence-corrected chi connectivity index (χ1v) is 6.85. The van der Waals surface area contributed by atoms with Gasteiger partial charge in [-0.3, -0.25) is 0 Å². The van der Waals surface area contributed by atoms with Gasteiger partial charge in [0.1, 0.15) is 0 Å². The summed E-state index contributed by atoms with van der Waals surface area (Å²) in [6, 6.07) is 1.26. The number of nitrogens with one attached hydrogen (secondary N) is 1. The summed E-state index contributed by atoms with van der Waals surface area (Å²) in [6.07, 6.45) is 2.75. The third-order valence-corrected chi connectivity index (χ3v) is 4.54. The second-order valence-electron chi connectivity index (χ2n) is 6.85. The zero-order valence-corrected chi connectivity index (χ0v) is 12.2. The van der Waals surface area contributed by atoms with E-state index < -0.39 is 0 Å². The first-order valence-electron chi connectivity index (χ1n) is 6.85. The summed E-state index contributed by atoms with van der Waals surface area (Å²) in [4.78, 5) is 2.52. The molecule has 3 heteroatoms. The molecule has 0 spiro atoms. The average Bonchev–Trinajstić information content (AvgIpc) is 2.94. The van der Waals surface area contributed by atoms with Gasteiger partial charge >= 0.3 is 0 Å². The van der Waals surface area contributed by atoms with Crippen molar-refractivity contribution < 1.29 is 4.74 Å². The summed E-state index contributed by atoms with van der Waals surface area (Å²) in [7, 11) is 4.31. The molecule has 1 aliphatic heterocycles. The first kappa shape index (κ1) is 13.3. The van der Waals surface area contributed by atoms with Gasteiger partial charge in [0.15, 0.2) is 0 Å². The Kier molecular flexibility index (Phi) is 3.30. The minimum Gasteiger partial charge on any atom is -0.368 e. The average molecular weight is 240 g/mol. The van der Waals surface area contributed by atoms with Crippen molar-refractivity contribution in [3.63, 3.8) is 0 Å². The van der Waals surface area contributed by atoms with Gasteiger partial charge in [0.2, 0.25) is 0 Å². The molecule has 2 rings (SSSR count). The van der Waals surface area contributed by atoms with Gasteiger partial charge in [-0.05, 0) is 54.6 Å². The molecule has 1 heterocycles. The third-order valence-electron chi connectivity index (χ3n) is 4.54. The number of hydrogen-bond donors (Lipinski definition) is 1. The smallest absolute Gasteiger partial charge is 0.0790 e. The van der Waals surface area contributed by atoms with Crippen LogP contribution in [0.4, 0.5) is 0 Å². The maximum Gasteiger partial charge on any atom is 0.0790 e. The minimum absolute atomic E-state index is 0.0413. The van der Waals surface area contributed by atoms with E-state index in [1.54, 1.807) is 0 Å². The fraction of sp³-hybridized carbons (Fsp3) is 1.00. The number of ether oxygens (including phenoxy) is 1. The molecule has 3 nitrogen and oxygen atoms in total. The van der Waals surface area contributed by atoms with Crippen LogP contribution in [0.2, 0.25) is 0 Å². The Hall–Kier alpha value is -0.120. The first-order chi connectivity index (χ1) is 7.78. The van der Waals surface area contributed by atoms with Crippen molar-refractivity contribution in [2.24, 2.45) is 5.92 Å². The number of nitrogens with zero attached hydrogens (tertiary/aromatic N) is 1. The second-order valence-corrected chi connectivity index (χ2v) is 6.85. The molecule has 1 aliphatic carbocycles. The molecule has 0 amide bonds. The molecule has 2 aliphatic rings. The van der Waals surface area contributed by atoms with E-state index in [1.807, 2.05) is 0 Å². The van der Waals surface area contributed by atoms with Crippen LogP contribution in [0.5, 0.6) is 0 Å². The molecule has 1 saturated carbocycles. The topological polar surface area (TPSA) is 24.5 Å². The van der Waals surface area contributed by atoms with Crippen molar-refractivity contribution in [1.29, 1.82) is 0 Å². The van der Waals surface area contributed by atoms with Gasteiger partial charge in [-0.15, -0.1) is 0 Å². The predicted molar refractivity (Wildman–Crippen MR) is 71.2 cm³/mol. The highest BCUT2D eigenvalue weighted by Crippen LogP contribution is 2.43. The lowest BCUT2D eigenvalue weighted by Crippen LogP contribution is -2.49. The molecule has 100 valence electrons. The fourth-order valence-corrected chi connectivity index (χ4v) is 3.55. The van der Waals surface area contributed by atoms with E-state index in [0.29, 0.717) is 12.0 Å². The Balaban J connectivity index is 2.11. The third kappa shape index (κ3) is 2.51. The van der Waals surface area contributed by atoms with E-state index in [9.17, 15) is 0 Å². The minimum atomic E-state index is -0.0761. The highest BCUT2D eigenvalue weighted by atomic mass is 16.5. The normalized spacial score (nSPS) is 35.5. The molecule has 2 fully saturated rings. The lowest BCUT2D eigenvalue weighted by Gasteiger charge is -2.32. The van der Waals surface area contributed by atoms with Crippen molar-refractivity contribution in [1.82, 2.24) is 10.2 Å². The second kappa shape index (κ2) is 4.22. The molecule has 1 saturated heterocycles. The van der Waals surface area contributed by atoms with Crippen molar-refractivity contribution in [3.8, 4) is 0 Å². The maximum atomic E-state index is 6.26. The van der Waals surface area contributed by atoms with Gasteiger partial charge in [-0.25, -0.2) is 0 Å². The van der Waals surface area contributed by atoms with Crippen LogP contribution in [0.3, 0.4) is 0 Å². The summed E-state index contributed by atoms with van der Waals surface area (Å²) < 4.78 is 6.26. The monoisotopic (exact) mass is 240 g/mol. The van der Waals surface area contributed by atoms with E-state index >= 15 is 0 Å². The Bertz CT molecular complexity index is 284. The van der Waals surface area contributed by atoms with Crippen LogP contribution in [-0.2, 0) is 4.74 Å². The van der Waals surface area contributed by atoms with Crippen LogP contribution in [0.15, 0.2) is 0 Å². The predicted octanol–water partition coefficient (Wildman–Crippen LogP) is 1.87. The maximum absolute atomic E-state index is 6.26. The summed E-state index contributed by atoms with van der Waals surface area (Å²) in [5.74, 6) is 0.549. The molecular formula is C14H28N2O. The molecule has 0 aromatic rings. The lowest BCUT2D eigenvalue weighted by atomic mass is 9.82. The van der Waals surface area contributed by atoms with E-state index in [-0.39, 0.29) is 11.2 Å². The molecule has 0 aromatic heterocycles. The molecule has 0 bridgehead atoms. The van der Waals surface area contributed by atoms with Crippen LogP contribution in [-0.4, -0.2) is 48.8 Å². The Morgan fingerprint density at radius 3 is 2.24 bits per heavy atom. The number of hydrogen-bond acceptors (Lipinski definition) is 3. The number of likely N-dealkylation sites (N-methyl/N-ethyl adjacent to an activating group) is 1. The largest absolute Gasteiger partial charge is 0.368 e. The van der Waals surface area contributed by atoms with Crippen molar-refractivity contribution in [2.75, 3.05) is 20.6 Å². The highest BCUT2D eigenvalue weighted by molar-refractivity contribution is 5.06. The van der Waals surface area contributed by atoms with E-state index in [4.69, 9.17) is 4.74 Å². The Labute approximate surface area is 106 Å². The van der Waals surface area contributed by atoms with Gasteiger partial charge in [-0.2, -0.15) is 0 Å². The zero-order valence-electron chi connectivity index (χ0n) is 12.2. The lowest BCUT2D eigenvalue weighted by molar-refractivity contribution is -0.0791. The summed E-state index contributed by atoms with van der Waals surface area (Å²) >= 11 is 0. The van der Waals surface area contributed by atoms with Crippen LogP contribution in [0.1, 0.15) is 40.5 Å². The van der Waals surface area contributed by atoms with Gasteiger partial charge in [0, 0.05) is 24.5 Å². The highest BCUT2D eigenvalue weighted by Gasteiger charge is 2.53. The quantitative estimate of drug-likeness (QED) is 0.812. The van der Waals surface area contributed by atoms with E-state index in [2.05, 4.69) is 52.0 Å². The van der Waals surface area contributed by atoms with Crippen LogP contribution in [0, 0.1) is 5.92 Å². The van der Waals surface area contributed by atoms with Crippen LogP contribution >= 0.6 is 0 Å². The fourth-order valence-electron chi connectivity index (χ4n) is 3.55. The van der Waals surface area contributed by atoms with Crippen molar-refractivity contribution in [2.45, 2.75) is 63.8 Å². The molecule has 17 heavy (non-hydrogen) atoms. The number of rotatable bonds is 4.